The van der Waals surface area contributed by atoms with E-state index in [1.54, 1.807) is 6.92 Å². The highest BCUT2D eigenvalue weighted by molar-refractivity contribution is 5.68. The zero-order valence-corrected chi connectivity index (χ0v) is 12.3. The summed E-state index contributed by atoms with van der Waals surface area (Å²) in [7, 11) is 0. The van der Waals surface area contributed by atoms with Crippen LogP contribution in [0.1, 0.15) is 27.2 Å². The first-order valence-corrected chi connectivity index (χ1v) is 6.61. The van der Waals surface area contributed by atoms with Gasteiger partial charge < -0.3 is 20.9 Å². The summed E-state index contributed by atoms with van der Waals surface area (Å²) in [6.07, 6.45) is 0.543. The molecule has 0 saturated carbocycles. The van der Waals surface area contributed by atoms with Gasteiger partial charge in [-0.15, -0.1) is 0 Å². The predicted octanol–water partition coefficient (Wildman–Crippen LogP) is 3.22. The summed E-state index contributed by atoms with van der Waals surface area (Å²) in [5, 5.41) is 13.0. The van der Waals surface area contributed by atoms with Gasteiger partial charge in [0.1, 0.15) is 0 Å². The van der Waals surface area contributed by atoms with Crippen molar-refractivity contribution in [2.24, 2.45) is 5.92 Å². The summed E-state index contributed by atoms with van der Waals surface area (Å²) in [6, 6.07) is 1.96. The highest BCUT2D eigenvalue weighted by Gasteiger charge is 2.22. The lowest BCUT2D eigenvalue weighted by atomic mass is 9.94. The van der Waals surface area contributed by atoms with Crippen molar-refractivity contribution >= 4 is 11.4 Å². The smallest absolute Gasteiger partial charge is 0.387 e. The van der Waals surface area contributed by atoms with E-state index in [2.05, 4.69) is 10.1 Å². The third-order valence-electron chi connectivity index (χ3n) is 2.83. The Balaban J connectivity index is 2.83. The Morgan fingerprint density at radius 1 is 1.38 bits per heavy atom. The molecule has 0 aromatic heterocycles. The number of aliphatic hydroxyl groups is 1. The Morgan fingerprint density at radius 2 is 2.00 bits per heavy atom. The Bertz CT molecular complexity index is 480. The maximum absolute atomic E-state index is 13.4. The van der Waals surface area contributed by atoms with Gasteiger partial charge in [0.05, 0.1) is 17.0 Å². The number of alkyl halides is 2. The average Bonchev–Trinajstić information content (AvgIpc) is 2.29. The Hall–Kier alpha value is -1.63. The van der Waals surface area contributed by atoms with Crippen LogP contribution in [0.15, 0.2) is 12.1 Å². The predicted molar refractivity (Wildman–Crippen MR) is 76.0 cm³/mol. The van der Waals surface area contributed by atoms with E-state index in [9.17, 15) is 18.3 Å². The second kappa shape index (κ2) is 6.89. The van der Waals surface area contributed by atoms with E-state index >= 15 is 0 Å². The molecule has 0 aliphatic carbocycles. The first-order valence-electron chi connectivity index (χ1n) is 6.61. The molecule has 0 aliphatic rings. The first kappa shape index (κ1) is 17.4. The quantitative estimate of drug-likeness (QED) is 0.677. The molecule has 7 heteroatoms. The van der Waals surface area contributed by atoms with Crippen LogP contribution < -0.4 is 15.8 Å². The third-order valence-corrected chi connectivity index (χ3v) is 2.83. The highest BCUT2D eigenvalue weighted by atomic mass is 19.3. The summed E-state index contributed by atoms with van der Waals surface area (Å²) < 4.78 is 41.8. The molecule has 1 atom stereocenters. The van der Waals surface area contributed by atoms with Crippen molar-refractivity contribution in [3.8, 4) is 5.75 Å². The molecule has 1 aromatic carbocycles. The molecule has 0 fully saturated rings. The van der Waals surface area contributed by atoms with Crippen molar-refractivity contribution in [3.05, 3.63) is 17.9 Å². The van der Waals surface area contributed by atoms with E-state index in [-0.39, 0.29) is 23.8 Å². The molecule has 0 radical (unpaired) electrons. The second-order valence-corrected chi connectivity index (χ2v) is 5.70. The van der Waals surface area contributed by atoms with E-state index in [1.165, 1.54) is 0 Å². The van der Waals surface area contributed by atoms with Gasteiger partial charge in [-0.1, -0.05) is 13.8 Å². The molecule has 0 aliphatic heterocycles. The summed E-state index contributed by atoms with van der Waals surface area (Å²) in [6.45, 7) is 2.61. The molecule has 4 N–H and O–H groups in total. The van der Waals surface area contributed by atoms with Crippen LogP contribution in [0.3, 0.4) is 0 Å². The molecule has 0 saturated heterocycles. The Kier molecular flexibility index (Phi) is 5.71. The second-order valence-electron chi connectivity index (χ2n) is 5.70. The van der Waals surface area contributed by atoms with E-state index in [4.69, 9.17) is 5.73 Å². The first-order chi connectivity index (χ1) is 9.60. The normalized spacial score (nSPS) is 14.3. The van der Waals surface area contributed by atoms with Crippen LogP contribution in [0, 0.1) is 11.7 Å². The number of anilines is 2. The molecule has 120 valence electrons. The van der Waals surface area contributed by atoms with Crippen molar-refractivity contribution in [2.45, 2.75) is 39.4 Å². The zero-order valence-electron chi connectivity index (χ0n) is 12.3. The zero-order chi connectivity index (χ0) is 16.2. The monoisotopic (exact) mass is 306 g/mol. The number of ether oxygens (including phenoxy) is 1. The fourth-order valence-corrected chi connectivity index (χ4v) is 2.15. The molecular formula is C14H21F3N2O2. The molecule has 0 spiro atoms. The Labute approximate surface area is 122 Å². The SMILES string of the molecule is CC(C)CC(C)(O)CNc1cc(OC(F)F)c(F)cc1N. The van der Waals surface area contributed by atoms with E-state index in [0.29, 0.717) is 6.42 Å². The van der Waals surface area contributed by atoms with Gasteiger partial charge >= 0.3 is 6.61 Å². The highest BCUT2D eigenvalue weighted by Crippen LogP contribution is 2.30. The molecule has 21 heavy (non-hydrogen) atoms. The average molecular weight is 306 g/mol. The Morgan fingerprint density at radius 3 is 2.52 bits per heavy atom. The number of hydrogen-bond donors (Lipinski definition) is 3. The molecule has 0 amide bonds. The lowest BCUT2D eigenvalue weighted by Crippen LogP contribution is -2.35. The minimum absolute atomic E-state index is 0.0504. The maximum Gasteiger partial charge on any atom is 0.387 e. The molecule has 0 heterocycles. The van der Waals surface area contributed by atoms with Crippen LogP contribution in [-0.4, -0.2) is 23.9 Å². The van der Waals surface area contributed by atoms with Crippen LogP contribution in [0.4, 0.5) is 24.5 Å². The van der Waals surface area contributed by atoms with Gasteiger partial charge in [0.25, 0.3) is 0 Å². The van der Waals surface area contributed by atoms with Gasteiger partial charge in [-0.25, -0.2) is 4.39 Å². The summed E-state index contributed by atoms with van der Waals surface area (Å²) in [5.74, 6) is -1.28. The molecule has 1 unspecified atom stereocenters. The number of nitrogens with one attached hydrogen (secondary N) is 1. The van der Waals surface area contributed by atoms with Crippen LogP contribution in [0.5, 0.6) is 5.75 Å². The number of hydrogen-bond acceptors (Lipinski definition) is 4. The fourth-order valence-electron chi connectivity index (χ4n) is 2.15. The standard InChI is InChI=1S/C14H21F3N2O2/c1-8(2)6-14(3,20)7-19-11-5-12(21-13(16)17)9(15)4-10(11)18/h4-5,8,13,19-20H,6-7,18H2,1-3H3. The van der Waals surface area contributed by atoms with Gasteiger partial charge in [0.2, 0.25) is 0 Å². The van der Waals surface area contributed by atoms with Crippen molar-refractivity contribution in [1.82, 2.24) is 0 Å². The molecule has 1 aromatic rings. The topological polar surface area (TPSA) is 67.5 Å². The van der Waals surface area contributed by atoms with E-state index in [0.717, 1.165) is 12.1 Å². The molecule has 0 bridgehead atoms. The van der Waals surface area contributed by atoms with Crippen molar-refractivity contribution in [2.75, 3.05) is 17.6 Å². The molecule has 1 rings (SSSR count). The number of halogens is 3. The third kappa shape index (κ3) is 5.71. The van der Waals surface area contributed by atoms with Crippen molar-refractivity contribution < 1.29 is 23.0 Å². The lowest BCUT2D eigenvalue weighted by Gasteiger charge is -2.26. The van der Waals surface area contributed by atoms with Crippen LogP contribution in [-0.2, 0) is 0 Å². The minimum atomic E-state index is -3.12. The van der Waals surface area contributed by atoms with Crippen molar-refractivity contribution in [3.63, 3.8) is 0 Å². The lowest BCUT2D eigenvalue weighted by molar-refractivity contribution is -0.0521. The summed E-state index contributed by atoms with van der Waals surface area (Å²) >= 11 is 0. The number of nitrogens with two attached hydrogens (primary N) is 1. The van der Waals surface area contributed by atoms with Gasteiger partial charge in [0, 0.05) is 18.7 Å². The van der Waals surface area contributed by atoms with Gasteiger partial charge in [-0.2, -0.15) is 8.78 Å². The summed E-state index contributed by atoms with van der Waals surface area (Å²) in [4.78, 5) is 0. The van der Waals surface area contributed by atoms with Gasteiger partial charge in [-0.05, 0) is 19.3 Å². The van der Waals surface area contributed by atoms with Crippen LogP contribution in [0.25, 0.3) is 0 Å². The maximum atomic E-state index is 13.4. The number of rotatable bonds is 7. The van der Waals surface area contributed by atoms with E-state index in [1.807, 2.05) is 13.8 Å². The molecule has 4 nitrogen and oxygen atoms in total. The van der Waals surface area contributed by atoms with Gasteiger partial charge in [-0.3, -0.25) is 0 Å². The largest absolute Gasteiger partial charge is 0.432 e. The van der Waals surface area contributed by atoms with Gasteiger partial charge in [0.15, 0.2) is 11.6 Å². The minimum Gasteiger partial charge on any atom is -0.432 e. The van der Waals surface area contributed by atoms with Crippen molar-refractivity contribution in [1.29, 1.82) is 0 Å². The molecular weight excluding hydrogens is 285 g/mol. The van der Waals surface area contributed by atoms with Crippen LogP contribution in [0.2, 0.25) is 0 Å². The number of nitrogen functional groups attached to an aromatic ring is 1. The van der Waals surface area contributed by atoms with Crippen LogP contribution >= 0.6 is 0 Å². The van der Waals surface area contributed by atoms with E-state index < -0.39 is 23.8 Å². The summed E-state index contributed by atoms with van der Waals surface area (Å²) in [5.41, 5.74) is 4.91. The number of benzene rings is 1. The fraction of sp³-hybridized carbons (Fsp3) is 0.571.